The fourth-order valence-corrected chi connectivity index (χ4v) is 3.96. The molecule has 1 amide bonds. The van der Waals surface area contributed by atoms with Crippen LogP contribution in [0.3, 0.4) is 0 Å². The molecule has 1 aliphatic rings. The minimum absolute atomic E-state index is 0.0666. The van der Waals surface area contributed by atoms with Crippen LogP contribution >= 0.6 is 11.3 Å². The highest BCUT2D eigenvalue weighted by Gasteiger charge is 2.23. The Morgan fingerprint density at radius 1 is 1.04 bits per heavy atom. The van der Waals surface area contributed by atoms with Gasteiger partial charge < -0.3 is 14.4 Å². The van der Waals surface area contributed by atoms with Crippen molar-refractivity contribution in [1.82, 2.24) is 9.80 Å². The van der Waals surface area contributed by atoms with Crippen LogP contribution in [0.4, 0.5) is 0 Å². The van der Waals surface area contributed by atoms with Crippen molar-refractivity contribution in [3.05, 3.63) is 46.2 Å². The van der Waals surface area contributed by atoms with Gasteiger partial charge in [0.1, 0.15) is 0 Å². The molecular formula is C21H28N2O3S. The smallest absolute Gasteiger partial charge is 0.254 e. The quantitative estimate of drug-likeness (QED) is 0.694. The van der Waals surface area contributed by atoms with Crippen LogP contribution < -0.4 is 9.47 Å². The van der Waals surface area contributed by atoms with Crippen LogP contribution in [0.2, 0.25) is 0 Å². The first kappa shape index (κ1) is 19.7. The first-order chi connectivity index (χ1) is 13.2. The van der Waals surface area contributed by atoms with Crippen molar-refractivity contribution < 1.29 is 14.3 Å². The van der Waals surface area contributed by atoms with Crippen molar-refractivity contribution in [2.45, 2.75) is 20.3 Å². The Hall–Kier alpha value is -2.05. The summed E-state index contributed by atoms with van der Waals surface area (Å²) in [6, 6.07) is 9.76. The number of rotatable bonds is 8. The number of benzene rings is 1. The number of amides is 1. The maximum absolute atomic E-state index is 12.9. The van der Waals surface area contributed by atoms with Crippen LogP contribution in [0, 0.1) is 0 Å². The molecule has 0 bridgehead atoms. The number of carbonyl (C=O) groups excluding carboxylic acids is 1. The summed E-state index contributed by atoms with van der Waals surface area (Å²) in [5.41, 5.74) is 0.661. The van der Waals surface area contributed by atoms with Gasteiger partial charge in [-0.05, 0) is 49.9 Å². The van der Waals surface area contributed by atoms with Gasteiger partial charge in [-0.3, -0.25) is 9.69 Å². The van der Waals surface area contributed by atoms with Crippen LogP contribution in [0.25, 0.3) is 0 Å². The summed E-state index contributed by atoms with van der Waals surface area (Å²) in [7, 11) is 0. The first-order valence-corrected chi connectivity index (χ1v) is 10.5. The molecule has 27 heavy (non-hydrogen) atoms. The molecule has 146 valence electrons. The average molecular weight is 389 g/mol. The highest BCUT2D eigenvalue weighted by molar-refractivity contribution is 7.09. The second kappa shape index (κ2) is 9.76. The Balaban J connectivity index is 1.56. The SMILES string of the molecule is CCOc1ccc(C(=O)N2CCN(CCc3cccs3)CC2)cc1OCC. The van der Waals surface area contributed by atoms with E-state index in [1.165, 1.54) is 4.88 Å². The van der Waals surface area contributed by atoms with Crippen molar-refractivity contribution in [3.8, 4) is 11.5 Å². The molecule has 2 aromatic rings. The minimum atomic E-state index is 0.0666. The largest absolute Gasteiger partial charge is 0.490 e. The molecule has 0 N–H and O–H groups in total. The number of piperazine rings is 1. The Morgan fingerprint density at radius 3 is 2.44 bits per heavy atom. The maximum atomic E-state index is 12.9. The Morgan fingerprint density at radius 2 is 1.78 bits per heavy atom. The van der Waals surface area contributed by atoms with Gasteiger partial charge in [-0.25, -0.2) is 0 Å². The number of ether oxygens (including phenoxy) is 2. The van der Waals surface area contributed by atoms with E-state index in [2.05, 4.69) is 22.4 Å². The Kier molecular flexibility index (Phi) is 7.12. The standard InChI is InChI=1S/C21H28N2O3S/c1-3-25-19-8-7-17(16-20(19)26-4-2)21(24)23-13-11-22(12-14-23)10-9-18-6-5-15-27-18/h5-8,15-16H,3-4,9-14H2,1-2H3. The zero-order valence-electron chi connectivity index (χ0n) is 16.1. The summed E-state index contributed by atoms with van der Waals surface area (Å²) < 4.78 is 11.2. The third-order valence-corrected chi connectivity index (χ3v) is 5.64. The van der Waals surface area contributed by atoms with Gasteiger partial charge in [0.2, 0.25) is 0 Å². The van der Waals surface area contributed by atoms with Gasteiger partial charge in [-0.15, -0.1) is 11.3 Å². The van der Waals surface area contributed by atoms with E-state index < -0.39 is 0 Å². The molecule has 5 nitrogen and oxygen atoms in total. The number of thiophene rings is 1. The van der Waals surface area contributed by atoms with E-state index in [0.29, 0.717) is 30.3 Å². The molecular weight excluding hydrogens is 360 g/mol. The lowest BCUT2D eigenvalue weighted by molar-refractivity contribution is 0.0638. The maximum Gasteiger partial charge on any atom is 0.254 e. The van der Waals surface area contributed by atoms with Crippen LogP contribution in [-0.4, -0.2) is 61.6 Å². The third-order valence-electron chi connectivity index (χ3n) is 4.70. The lowest BCUT2D eigenvalue weighted by Crippen LogP contribution is -2.49. The summed E-state index contributed by atoms with van der Waals surface area (Å²) in [5, 5.41) is 2.12. The van der Waals surface area contributed by atoms with Crippen LogP contribution in [0.1, 0.15) is 29.1 Å². The molecule has 1 fully saturated rings. The van der Waals surface area contributed by atoms with E-state index in [0.717, 1.165) is 39.1 Å². The van der Waals surface area contributed by atoms with Gasteiger partial charge in [0, 0.05) is 43.2 Å². The van der Waals surface area contributed by atoms with E-state index in [-0.39, 0.29) is 5.91 Å². The van der Waals surface area contributed by atoms with E-state index in [9.17, 15) is 4.79 Å². The molecule has 6 heteroatoms. The minimum Gasteiger partial charge on any atom is -0.490 e. The Labute approximate surface area is 165 Å². The van der Waals surface area contributed by atoms with Crippen molar-refractivity contribution in [2.24, 2.45) is 0 Å². The zero-order chi connectivity index (χ0) is 19.1. The van der Waals surface area contributed by atoms with E-state index in [1.807, 2.05) is 42.2 Å². The zero-order valence-corrected chi connectivity index (χ0v) is 17.0. The molecule has 0 atom stereocenters. The lowest BCUT2D eigenvalue weighted by atomic mass is 10.1. The van der Waals surface area contributed by atoms with E-state index >= 15 is 0 Å². The average Bonchev–Trinajstić information content (AvgIpc) is 3.22. The molecule has 0 saturated carbocycles. The lowest BCUT2D eigenvalue weighted by Gasteiger charge is -2.34. The van der Waals surface area contributed by atoms with E-state index in [1.54, 1.807) is 6.07 Å². The molecule has 1 saturated heterocycles. The summed E-state index contributed by atoms with van der Waals surface area (Å²) in [6.07, 6.45) is 1.09. The molecule has 0 unspecified atom stereocenters. The van der Waals surface area contributed by atoms with Crippen LogP contribution in [0.15, 0.2) is 35.7 Å². The van der Waals surface area contributed by atoms with Crippen molar-refractivity contribution in [2.75, 3.05) is 45.9 Å². The normalized spacial score (nSPS) is 15.0. The molecule has 2 heterocycles. The molecule has 1 aliphatic heterocycles. The highest BCUT2D eigenvalue weighted by Crippen LogP contribution is 2.29. The van der Waals surface area contributed by atoms with Gasteiger partial charge in [0.05, 0.1) is 13.2 Å². The fraction of sp³-hybridized carbons (Fsp3) is 0.476. The molecule has 0 aliphatic carbocycles. The van der Waals surface area contributed by atoms with Crippen LogP contribution in [0.5, 0.6) is 11.5 Å². The molecule has 3 rings (SSSR count). The molecule has 1 aromatic carbocycles. The topological polar surface area (TPSA) is 42.0 Å². The van der Waals surface area contributed by atoms with Crippen molar-refractivity contribution >= 4 is 17.2 Å². The molecule has 0 spiro atoms. The van der Waals surface area contributed by atoms with Crippen molar-refractivity contribution in [3.63, 3.8) is 0 Å². The van der Waals surface area contributed by atoms with Crippen LogP contribution in [-0.2, 0) is 6.42 Å². The number of nitrogens with zero attached hydrogens (tertiary/aromatic N) is 2. The number of hydrogen-bond acceptors (Lipinski definition) is 5. The molecule has 0 radical (unpaired) electrons. The number of hydrogen-bond donors (Lipinski definition) is 0. The van der Waals surface area contributed by atoms with Crippen molar-refractivity contribution in [1.29, 1.82) is 0 Å². The highest BCUT2D eigenvalue weighted by atomic mass is 32.1. The predicted molar refractivity (Wildman–Crippen MR) is 109 cm³/mol. The first-order valence-electron chi connectivity index (χ1n) is 9.65. The van der Waals surface area contributed by atoms with Gasteiger partial charge in [0.25, 0.3) is 5.91 Å². The summed E-state index contributed by atoms with van der Waals surface area (Å²) in [6.45, 7) is 9.41. The Bertz CT molecular complexity index is 725. The number of carbonyl (C=O) groups is 1. The monoisotopic (exact) mass is 388 g/mol. The second-order valence-corrected chi connectivity index (χ2v) is 7.52. The third kappa shape index (κ3) is 5.23. The summed E-state index contributed by atoms with van der Waals surface area (Å²) in [5.74, 6) is 1.39. The van der Waals surface area contributed by atoms with Gasteiger partial charge >= 0.3 is 0 Å². The van der Waals surface area contributed by atoms with Gasteiger partial charge in [-0.1, -0.05) is 6.07 Å². The predicted octanol–water partition coefficient (Wildman–Crippen LogP) is 3.55. The van der Waals surface area contributed by atoms with E-state index in [4.69, 9.17) is 9.47 Å². The summed E-state index contributed by atoms with van der Waals surface area (Å²) in [4.78, 5) is 18.7. The summed E-state index contributed by atoms with van der Waals surface area (Å²) >= 11 is 1.81. The van der Waals surface area contributed by atoms with Gasteiger partial charge in [0.15, 0.2) is 11.5 Å². The second-order valence-electron chi connectivity index (χ2n) is 6.49. The molecule has 1 aromatic heterocycles. The van der Waals surface area contributed by atoms with Gasteiger partial charge in [-0.2, -0.15) is 0 Å². The fourth-order valence-electron chi connectivity index (χ4n) is 3.26.